The number of benzene rings is 1. The molecule has 0 spiro atoms. The van der Waals surface area contributed by atoms with Crippen LogP contribution in [0.1, 0.15) is 10.4 Å². The van der Waals surface area contributed by atoms with Crippen molar-refractivity contribution in [3.05, 3.63) is 35.9 Å². The maximum atomic E-state index is 13.2. The summed E-state index contributed by atoms with van der Waals surface area (Å²) in [7, 11) is 3.47. The van der Waals surface area contributed by atoms with Gasteiger partial charge in [-0.1, -0.05) is 18.2 Å². The van der Waals surface area contributed by atoms with Crippen LogP contribution in [-0.2, 0) is 4.79 Å². The van der Waals surface area contributed by atoms with Crippen molar-refractivity contribution in [2.45, 2.75) is 6.18 Å². The molecule has 1 aliphatic rings. The minimum atomic E-state index is -4.69. The van der Waals surface area contributed by atoms with E-state index in [1.807, 2.05) is 0 Å². The zero-order valence-corrected chi connectivity index (χ0v) is 14.7. The topological polar surface area (TPSA) is 73.7 Å². The molecule has 6 nitrogen and oxygen atoms in total. The summed E-state index contributed by atoms with van der Waals surface area (Å²) in [6.07, 6.45) is -4.69. The normalized spacial score (nSPS) is 20.1. The van der Waals surface area contributed by atoms with E-state index in [4.69, 9.17) is 5.11 Å². The Kier molecular flexibility index (Phi) is 4.71. The van der Waals surface area contributed by atoms with Gasteiger partial charge in [-0.2, -0.15) is 13.2 Å². The number of aliphatic carboxylic acids is 1. The first kappa shape index (κ1) is 18.9. The highest BCUT2D eigenvalue weighted by Crippen LogP contribution is 2.38. The second-order valence-corrected chi connectivity index (χ2v) is 6.74. The SMILES string of the molecule is CN(C)c1cc(C(=O)N2C[C@@H](C(F)(F)F)[C@H](C(=O)O)C2)c2ccccc2n1. The quantitative estimate of drug-likeness (QED) is 0.885. The number of rotatable bonds is 3. The van der Waals surface area contributed by atoms with Crippen LogP contribution >= 0.6 is 0 Å². The van der Waals surface area contributed by atoms with Crippen molar-refractivity contribution in [3.8, 4) is 0 Å². The van der Waals surface area contributed by atoms with Gasteiger partial charge in [-0.15, -0.1) is 0 Å². The highest BCUT2D eigenvalue weighted by Gasteiger charge is 2.53. The van der Waals surface area contributed by atoms with E-state index < -0.39 is 43.0 Å². The standard InChI is InChI=1S/C18H18F3N3O3/c1-23(2)15-7-11(10-5-3-4-6-14(10)22-15)16(25)24-8-12(17(26)27)13(9-24)18(19,20)21/h3-7,12-13H,8-9H2,1-2H3,(H,26,27)/t12-,13-/m1/s1. The molecule has 1 amide bonds. The smallest absolute Gasteiger partial charge is 0.394 e. The predicted octanol–water partition coefficient (Wildman–Crippen LogP) is 2.64. The molecule has 0 bridgehead atoms. The number of anilines is 1. The first-order valence-electron chi connectivity index (χ1n) is 8.25. The molecule has 1 aromatic heterocycles. The number of likely N-dealkylation sites (tertiary alicyclic amines) is 1. The Morgan fingerprint density at radius 3 is 2.44 bits per heavy atom. The Morgan fingerprint density at radius 1 is 1.22 bits per heavy atom. The number of carboxylic acids is 1. The molecule has 0 aliphatic carbocycles. The first-order chi connectivity index (χ1) is 12.6. The van der Waals surface area contributed by atoms with E-state index in [0.29, 0.717) is 16.7 Å². The summed E-state index contributed by atoms with van der Waals surface area (Å²) in [5.41, 5.74) is 0.740. The van der Waals surface area contributed by atoms with E-state index in [9.17, 15) is 22.8 Å². The molecule has 9 heteroatoms. The van der Waals surface area contributed by atoms with Crippen molar-refractivity contribution in [1.29, 1.82) is 0 Å². The lowest BCUT2D eigenvalue weighted by Gasteiger charge is -2.20. The van der Waals surface area contributed by atoms with E-state index in [0.717, 1.165) is 4.90 Å². The van der Waals surface area contributed by atoms with Crippen molar-refractivity contribution in [2.24, 2.45) is 11.8 Å². The van der Waals surface area contributed by atoms with E-state index in [-0.39, 0.29) is 5.56 Å². The first-order valence-corrected chi connectivity index (χ1v) is 8.25. The van der Waals surface area contributed by atoms with Gasteiger partial charge in [0.1, 0.15) is 5.82 Å². The number of pyridine rings is 1. The number of carbonyl (C=O) groups excluding carboxylic acids is 1. The number of nitrogens with zero attached hydrogens (tertiary/aromatic N) is 3. The van der Waals surface area contributed by atoms with Gasteiger partial charge in [0.25, 0.3) is 5.91 Å². The summed E-state index contributed by atoms with van der Waals surface area (Å²) in [6, 6.07) is 8.35. The Balaban J connectivity index is 2.02. The monoisotopic (exact) mass is 381 g/mol. The van der Waals surface area contributed by atoms with Gasteiger partial charge in [0.15, 0.2) is 0 Å². The minimum absolute atomic E-state index is 0.205. The fourth-order valence-electron chi connectivity index (χ4n) is 3.29. The van der Waals surface area contributed by atoms with Crippen LogP contribution in [0.15, 0.2) is 30.3 Å². The number of halogens is 3. The van der Waals surface area contributed by atoms with Crippen molar-refractivity contribution < 1.29 is 27.9 Å². The molecule has 1 aromatic carbocycles. The number of hydrogen-bond donors (Lipinski definition) is 1. The molecule has 0 unspecified atom stereocenters. The van der Waals surface area contributed by atoms with Crippen LogP contribution in [0.5, 0.6) is 0 Å². The summed E-state index contributed by atoms with van der Waals surface area (Å²) in [4.78, 5) is 31.3. The average Bonchev–Trinajstić information content (AvgIpc) is 3.06. The fraction of sp³-hybridized carbons (Fsp3) is 0.389. The maximum absolute atomic E-state index is 13.2. The van der Waals surface area contributed by atoms with Crippen LogP contribution in [0.2, 0.25) is 0 Å². The van der Waals surface area contributed by atoms with Crippen LogP contribution in [0, 0.1) is 11.8 Å². The van der Waals surface area contributed by atoms with Gasteiger partial charge in [-0.25, -0.2) is 4.98 Å². The lowest BCUT2D eigenvalue weighted by molar-refractivity contribution is -0.187. The summed E-state index contributed by atoms with van der Waals surface area (Å²) in [6.45, 7) is -1.15. The zero-order chi connectivity index (χ0) is 19.9. The second kappa shape index (κ2) is 6.71. The van der Waals surface area contributed by atoms with Gasteiger partial charge < -0.3 is 14.9 Å². The molecule has 2 atom stereocenters. The largest absolute Gasteiger partial charge is 0.481 e. The Hall–Kier alpha value is -2.84. The summed E-state index contributed by atoms with van der Waals surface area (Å²) >= 11 is 0. The molecule has 1 aliphatic heterocycles. The number of amides is 1. The third-order valence-corrected chi connectivity index (χ3v) is 4.74. The van der Waals surface area contributed by atoms with Crippen LogP contribution in [-0.4, -0.2) is 60.2 Å². The van der Waals surface area contributed by atoms with Crippen LogP contribution in [0.25, 0.3) is 10.9 Å². The minimum Gasteiger partial charge on any atom is -0.481 e. The predicted molar refractivity (Wildman–Crippen MR) is 92.6 cm³/mol. The van der Waals surface area contributed by atoms with E-state index >= 15 is 0 Å². The zero-order valence-electron chi connectivity index (χ0n) is 14.7. The molecule has 2 aromatic rings. The van der Waals surface area contributed by atoms with Crippen molar-refractivity contribution >= 4 is 28.6 Å². The van der Waals surface area contributed by atoms with Crippen molar-refractivity contribution in [2.75, 3.05) is 32.1 Å². The third-order valence-electron chi connectivity index (χ3n) is 4.74. The average molecular weight is 381 g/mol. The number of para-hydroxylation sites is 1. The molecule has 1 fully saturated rings. The van der Waals surface area contributed by atoms with Gasteiger partial charge in [-0.05, 0) is 12.1 Å². The number of carboxylic acid groups (broad SMARTS) is 1. The van der Waals surface area contributed by atoms with E-state index in [1.54, 1.807) is 43.3 Å². The van der Waals surface area contributed by atoms with E-state index in [2.05, 4.69) is 4.98 Å². The molecule has 1 N–H and O–H groups in total. The molecule has 1 saturated heterocycles. The summed E-state index contributed by atoms with van der Waals surface area (Å²) in [5, 5.41) is 9.66. The molecule has 3 rings (SSSR count). The third kappa shape index (κ3) is 3.54. The second-order valence-electron chi connectivity index (χ2n) is 6.74. The molecular weight excluding hydrogens is 363 g/mol. The van der Waals surface area contributed by atoms with Gasteiger partial charge in [0, 0.05) is 32.6 Å². The highest BCUT2D eigenvalue weighted by molar-refractivity contribution is 6.07. The number of hydrogen-bond acceptors (Lipinski definition) is 4. The summed E-state index contributed by atoms with van der Waals surface area (Å²) < 4.78 is 39.6. The van der Waals surface area contributed by atoms with Gasteiger partial charge in [0.2, 0.25) is 0 Å². The fourth-order valence-corrected chi connectivity index (χ4v) is 3.29. The molecular formula is C18H18F3N3O3. The van der Waals surface area contributed by atoms with Crippen molar-refractivity contribution in [1.82, 2.24) is 9.88 Å². The molecule has 0 saturated carbocycles. The number of alkyl halides is 3. The molecule has 2 heterocycles. The van der Waals surface area contributed by atoms with Gasteiger partial charge in [-0.3, -0.25) is 9.59 Å². The van der Waals surface area contributed by atoms with Crippen LogP contribution in [0.4, 0.5) is 19.0 Å². The molecule has 0 radical (unpaired) electrons. The number of carbonyl (C=O) groups is 2. The molecule has 144 valence electrons. The lowest BCUT2D eigenvalue weighted by Crippen LogP contribution is -2.34. The highest BCUT2D eigenvalue weighted by atomic mass is 19.4. The van der Waals surface area contributed by atoms with Gasteiger partial charge in [0.05, 0.1) is 22.9 Å². The Morgan fingerprint density at radius 2 is 1.89 bits per heavy atom. The number of aromatic nitrogens is 1. The lowest BCUT2D eigenvalue weighted by atomic mass is 9.96. The summed E-state index contributed by atoms with van der Waals surface area (Å²) in [5.74, 6) is -5.45. The van der Waals surface area contributed by atoms with Gasteiger partial charge >= 0.3 is 12.1 Å². The Bertz CT molecular complexity index is 898. The number of fused-ring (bicyclic) bond motifs is 1. The molecule has 27 heavy (non-hydrogen) atoms. The maximum Gasteiger partial charge on any atom is 0.394 e. The van der Waals surface area contributed by atoms with E-state index in [1.165, 1.54) is 6.07 Å². The van der Waals surface area contributed by atoms with Crippen LogP contribution < -0.4 is 4.90 Å². The Labute approximate surface area is 153 Å². The van der Waals surface area contributed by atoms with Crippen molar-refractivity contribution in [3.63, 3.8) is 0 Å². The van der Waals surface area contributed by atoms with Crippen LogP contribution in [0.3, 0.4) is 0 Å².